The number of carbonyl (C=O) groups is 1. The van der Waals surface area contributed by atoms with Crippen LogP contribution < -0.4 is 10.6 Å². The van der Waals surface area contributed by atoms with Gasteiger partial charge in [0, 0.05) is 19.1 Å². The van der Waals surface area contributed by atoms with Crippen LogP contribution in [0.4, 0.5) is 0 Å². The first-order valence-corrected chi connectivity index (χ1v) is 5.75. The smallest absolute Gasteiger partial charge is 0.223 e. The number of hydrogen-bond donors (Lipinski definition) is 2. The minimum atomic E-state index is 0.102. The van der Waals surface area contributed by atoms with E-state index in [9.17, 15) is 4.79 Å². The van der Waals surface area contributed by atoms with Crippen LogP contribution in [-0.2, 0) is 9.53 Å². The fourth-order valence-corrected chi connectivity index (χ4v) is 1.63. The third kappa shape index (κ3) is 3.80. The zero-order valence-electron chi connectivity index (χ0n) is 9.88. The van der Waals surface area contributed by atoms with E-state index in [1.165, 1.54) is 0 Å². The Bertz CT molecular complexity index is 205. The molecular weight excluding hydrogens is 192 g/mol. The highest BCUT2D eigenvalue weighted by molar-refractivity contribution is 5.78. The van der Waals surface area contributed by atoms with Crippen LogP contribution in [0, 0.1) is 11.8 Å². The molecule has 1 heterocycles. The first-order chi connectivity index (χ1) is 7.15. The average Bonchev–Trinajstić information content (AvgIpc) is 2.11. The largest absolute Gasteiger partial charge is 0.377 e. The predicted molar refractivity (Wildman–Crippen MR) is 59.6 cm³/mol. The third-order valence-corrected chi connectivity index (χ3v) is 2.95. The molecular formula is C11H22N2O2. The van der Waals surface area contributed by atoms with Crippen LogP contribution in [0.25, 0.3) is 0 Å². The Morgan fingerprint density at radius 1 is 1.53 bits per heavy atom. The fraction of sp³-hybridized carbons (Fsp3) is 0.909. The van der Waals surface area contributed by atoms with Crippen molar-refractivity contribution >= 4 is 5.91 Å². The average molecular weight is 214 g/mol. The summed E-state index contributed by atoms with van der Waals surface area (Å²) >= 11 is 0. The quantitative estimate of drug-likeness (QED) is 0.672. The lowest BCUT2D eigenvalue weighted by molar-refractivity contribution is -0.127. The molecule has 0 bridgehead atoms. The summed E-state index contributed by atoms with van der Waals surface area (Å²) in [5.74, 6) is 0.764. The Balaban J connectivity index is 2.16. The van der Waals surface area contributed by atoms with Gasteiger partial charge in [-0.15, -0.1) is 0 Å². The molecule has 2 unspecified atom stereocenters. The molecule has 1 aliphatic rings. The predicted octanol–water partition coefficient (Wildman–Crippen LogP) is 0.383. The normalized spacial score (nSPS) is 20.5. The van der Waals surface area contributed by atoms with Crippen molar-refractivity contribution in [1.29, 1.82) is 0 Å². The summed E-state index contributed by atoms with van der Waals surface area (Å²) in [6.07, 6.45) is 0.102. The van der Waals surface area contributed by atoms with E-state index in [1.54, 1.807) is 0 Å². The molecule has 0 radical (unpaired) electrons. The van der Waals surface area contributed by atoms with E-state index in [1.807, 2.05) is 20.8 Å². The molecule has 0 saturated carbocycles. The van der Waals surface area contributed by atoms with E-state index < -0.39 is 0 Å². The third-order valence-electron chi connectivity index (χ3n) is 2.95. The summed E-state index contributed by atoms with van der Waals surface area (Å²) in [5.41, 5.74) is 0. The lowest BCUT2D eigenvalue weighted by Crippen LogP contribution is -2.50. The van der Waals surface area contributed by atoms with E-state index in [4.69, 9.17) is 4.74 Å². The lowest BCUT2D eigenvalue weighted by atomic mass is 9.88. The second kappa shape index (κ2) is 6.08. The number of carbonyl (C=O) groups excluding carboxylic acids is 1. The van der Waals surface area contributed by atoms with Gasteiger partial charge in [-0.2, -0.15) is 0 Å². The maximum absolute atomic E-state index is 11.7. The molecule has 0 spiro atoms. The zero-order chi connectivity index (χ0) is 11.3. The molecule has 1 amide bonds. The van der Waals surface area contributed by atoms with Crippen LogP contribution in [0.1, 0.15) is 20.8 Å². The van der Waals surface area contributed by atoms with E-state index >= 15 is 0 Å². The summed E-state index contributed by atoms with van der Waals surface area (Å²) < 4.78 is 5.35. The Labute approximate surface area is 91.8 Å². The van der Waals surface area contributed by atoms with Gasteiger partial charge in [0.15, 0.2) is 0 Å². The first kappa shape index (κ1) is 12.5. The maximum Gasteiger partial charge on any atom is 0.223 e. The minimum absolute atomic E-state index is 0.102. The molecule has 1 fully saturated rings. The maximum atomic E-state index is 11.7. The van der Waals surface area contributed by atoms with Crippen molar-refractivity contribution in [3.05, 3.63) is 0 Å². The minimum Gasteiger partial charge on any atom is -0.377 e. The first-order valence-electron chi connectivity index (χ1n) is 5.75. The second-order valence-corrected chi connectivity index (χ2v) is 4.22. The van der Waals surface area contributed by atoms with Gasteiger partial charge in [-0.25, -0.2) is 0 Å². The van der Waals surface area contributed by atoms with Gasteiger partial charge in [0.25, 0.3) is 0 Å². The molecule has 15 heavy (non-hydrogen) atoms. The van der Waals surface area contributed by atoms with Gasteiger partial charge >= 0.3 is 0 Å². The summed E-state index contributed by atoms with van der Waals surface area (Å²) in [7, 11) is 0. The number of amides is 1. The molecule has 88 valence electrons. The Hall–Kier alpha value is -0.610. The second-order valence-electron chi connectivity index (χ2n) is 4.22. The molecule has 0 aromatic heterocycles. The van der Waals surface area contributed by atoms with E-state index in [-0.39, 0.29) is 17.9 Å². The van der Waals surface area contributed by atoms with Crippen LogP contribution in [0.2, 0.25) is 0 Å². The van der Waals surface area contributed by atoms with E-state index in [0.29, 0.717) is 19.1 Å². The van der Waals surface area contributed by atoms with E-state index in [2.05, 4.69) is 10.6 Å². The van der Waals surface area contributed by atoms with Crippen LogP contribution in [0.3, 0.4) is 0 Å². The molecule has 0 aromatic rings. The van der Waals surface area contributed by atoms with Crippen molar-refractivity contribution in [1.82, 2.24) is 10.6 Å². The topological polar surface area (TPSA) is 50.4 Å². The monoisotopic (exact) mass is 214 g/mol. The van der Waals surface area contributed by atoms with Gasteiger partial charge in [0.1, 0.15) is 0 Å². The molecule has 0 aliphatic carbocycles. The van der Waals surface area contributed by atoms with Crippen LogP contribution in [0.5, 0.6) is 0 Å². The van der Waals surface area contributed by atoms with Crippen molar-refractivity contribution in [2.24, 2.45) is 11.8 Å². The van der Waals surface area contributed by atoms with Gasteiger partial charge in [0.05, 0.1) is 6.10 Å². The molecule has 1 aliphatic heterocycles. The highest BCUT2D eigenvalue weighted by Crippen LogP contribution is 2.15. The van der Waals surface area contributed by atoms with Gasteiger partial charge < -0.3 is 15.4 Å². The fourth-order valence-electron chi connectivity index (χ4n) is 1.63. The van der Waals surface area contributed by atoms with Crippen LogP contribution >= 0.6 is 0 Å². The Morgan fingerprint density at radius 2 is 2.20 bits per heavy atom. The highest BCUT2D eigenvalue weighted by Gasteiger charge is 2.28. The Kier molecular flexibility index (Phi) is 5.05. The molecule has 1 rings (SSSR count). The zero-order valence-corrected chi connectivity index (χ0v) is 9.88. The summed E-state index contributed by atoms with van der Waals surface area (Å²) in [5, 5.41) is 6.10. The molecule has 1 saturated heterocycles. The summed E-state index contributed by atoms with van der Waals surface area (Å²) in [4.78, 5) is 11.7. The van der Waals surface area contributed by atoms with Crippen molar-refractivity contribution in [2.45, 2.75) is 26.9 Å². The lowest BCUT2D eigenvalue weighted by Gasteiger charge is -2.31. The van der Waals surface area contributed by atoms with Gasteiger partial charge in [-0.1, -0.05) is 6.92 Å². The standard InChI is InChI=1S/C11H22N2O2/c1-4-15-8(2)5-13-11(14)9(3)10-6-12-7-10/h8-10,12H,4-7H2,1-3H3,(H,13,14). The molecule has 0 aromatic carbocycles. The van der Waals surface area contributed by atoms with Crippen molar-refractivity contribution in [2.75, 3.05) is 26.2 Å². The van der Waals surface area contributed by atoms with Crippen molar-refractivity contribution in [3.63, 3.8) is 0 Å². The summed E-state index contributed by atoms with van der Waals surface area (Å²) in [6, 6.07) is 0. The Morgan fingerprint density at radius 3 is 2.67 bits per heavy atom. The number of nitrogens with one attached hydrogen (secondary N) is 2. The van der Waals surface area contributed by atoms with Gasteiger partial charge in [0.2, 0.25) is 5.91 Å². The van der Waals surface area contributed by atoms with E-state index in [0.717, 1.165) is 13.1 Å². The van der Waals surface area contributed by atoms with Gasteiger partial charge in [-0.3, -0.25) is 4.79 Å². The SMILES string of the molecule is CCOC(C)CNC(=O)C(C)C1CNC1. The van der Waals surface area contributed by atoms with Crippen molar-refractivity contribution < 1.29 is 9.53 Å². The number of hydrogen-bond acceptors (Lipinski definition) is 3. The number of ether oxygens (including phenoxy) is 1. The highest BCUT2D eigenvalue weighted by atomic mass is 16.5. The number of rotatable bonds is 6. The van der Waals surface area contributed by atoms with Gasteiger partial charge in [-0.05, 0) is 32.9 Å². The molecule has 4 nitrogen and oxygen atoms in total. The van der Waals surface area contributed by atoms with Crippen LogP contribution in [0.15, 0.2) is 0 Å². The molecule has 2 N–H and O–H groups in total. The molecule has 2 atom stereocenters. The van der Waals surface area contributed by atoms with Crippen molar-refractivity contribution in [3.8, 4) is 0 Å². The molecule has 4 heteroatoms. The van der Waals surface area contributed by atoms with Crippen LogP contribution in [-0.4, -0.2) is 38.3 Å². The summed E-state index contributed by atoms with van der Waals surface area (Å²) in [6.45, 7) is 9.16.